The predicted molar refractivity (Wildman–Crippen MR) is 58.3 cm³/mol. The lowest BCUT2D eigenvalue weighted by atomic mass is 10.2. The van der Waals surface area contributed by atoms with Crippen molar-refractivity contribution in [1.82, 2.24) is 10.3 Å². The average molecular weight is 249 g/mol. The third-order valence-electron chi connectivity index (χ3n) is 1.71. The second kappa shape index (κ2) is 5.30. The van der Waals surface area contributed by atoms with Crippen LogP contribution >= 0.6 is 23.2 Å². The Morgan fingerprint density at radius 1 is 1.60 bits per heavy atom. The first-order chi connectivity index (χ1) is 7.04. The molecule has 0 radical (unpaired) electrons. The second-order valence-corrected chi connectivity index (χ2v) is 3.77. The lowest BCUT2D eigenvalue weighted by molar-refractivity contribution is 0.0922. The van der Waals surface area contributed by atoms with Crippen molar-refractivity contribution in [2.45, 2.75) is 13.0 Å². The molecule has 1 rings (SSSR count). The van der Waals surface area contributed by atoms with E-state index in [2.05, 4.69) is 10.3 Å². The molecular weight excluding hydrogens is 239 g/mol. The molecule has 0 aliphatic heterocycles. The van der Waals surface area contributed by atoms with Gasteiger partial charge >= 0.3 is 0 Å². The van der Waals surface area contributed by atoms with Crippen molar-refractivity contribution in [1.29, 1.82) is 0 Å². The molecule has 15 heavy (non-hydrogen) atoms. The molecule has 1 atom stereocenters. The highest BCUT2D eigenvalue weighted by molar-refractivity contribution is 6.34. The monoisotopic (exact) mass is 248 g/mol. The average Bonchev–Trinajstić information content (AvgIpc) is 2.17. The Bertz CT molecular complexity index is 371. The minimum Gasteiger partial charge on any atom is -0.394 e. The van der Waals surface area contributed by atoms with Crippen LogP contribution in [0.1, 0.15) is 17.3 Å². The Hall–Kier alpha value is -0.840. The van der Waals surface area contributed by atoms with Crippen LogP contribution in [0.25, 0.3) is 0 Å². The van der Waals surface area contributed by atoms with Crippen molar-refractivity contribution in [3.63, 3.8) is 0 Å². The molecule has 0 aliphatic rings. The van der Waals surface area contributed by atoms with E-state index in [-0.39, 0.29) is 34.4 Å². The van der Waals surface area contributed by atoms with Crippen LogP contribution in [0.15, 0.2) is 12.1 Å². The number of halogens is 2. The zero-order chi connectivity index (χ0) is 11.4. The molecule has 0 aromatic carbocycles. The fraction of sp³-hybridized carbons (Fsp3) is 0.333. The summed E-state index contributed by atoms with van der Waals surface area (Å²) in [7, 11) is 0. The summed E-state index contributed by atoms with van der Waals surface area (Å²) in [5.74, 6) is -0.384. The predicted octanol–water partition coefficient (Wildman–Crippen LogP) is 1.50. The van der Waals surface area contributed by atoms with Gasteiger partial charge in [0.15, 0.2) is 0 Å². The molecule has 0 bridgehead atoms. The number of aromatic nitrogens is 1. The van der Waals surface area contributed by atoms with Gasteiger partial charge in [-0.2, -0.15) is 0 Å². The molecule has 82 valence electrons. The molecular formula is C9H10Cl2N2O2. The SMILES string of the molecule is C[C@@H](CO)NC(=O)c1ccc(Cl)nc1Cl. The van der Waals surface area contributed by atoms with E-state index >= 15 is 0 Å². The van der Waals surface area contributed by atoms with Crippen LogP contribution in [-0.2, 0) is 0 Å². The molecule has 2 N–H and O–H groups in total. The summed E-state index contributed by atoms with van der Waals surface area (Å²) in [5, 5.41) is 11.6. The van der Waals surface area contributed by atoms with Crippen molar-refractivity contribution in [2.24, 2.45) is 0 Å². The lowest BCUT2D eigenvalue weighted by Gasteiger charge is -2.11. The maximum Gasteiger partial charge on any atom is 0.254 e. The Kier molecular flexibility index (Phi) is 4.32. The van der Waals surface area contributed by atoms with Crippen LogP contribution in [0.5, 0.6) is 0 Å². The molecule has 1 aromatic rings. The Labute approximate surface area is 97.2 Å². The summed E-state index contributed by atoms with van der Waals surface area (Å²) in [6.45, 7) is 1.54. The number of aliphatic hydroxyl groups is 1. The maximum atomic E-state index is 11.6. The Balaban J connectivity index is 2.82. The molecule has 0 saturated heterocycles. The van der Waals surface area contributed by atoms with Gasteiger partial charge in [0.05, 0.1) is 12.2 Å². The highest BCUT2D eigenvalue weighted by Gasteiger charge is 2.13. The van der Waals surface area contributed by atoms with Gasteiger partial charge in [0.25, 0.3) is 5.91 Å². The maximum absolute atomic E-state index is 11.6. The van der Waals surface area contributed by atoms with Gasteiger partial charge in [-0.1, -0.05) is 23.2 Å². The first-order valence-corrected chi connectivity index (χ1v) is 5.04. The number of aliphatic hydroxyl groups excluding tert-OH is 1. The number of amides is 1. The molecule has 0 unspecified atom stereocenters. The number of nitrogens with zero attached hydrogens (tertiary/aromatic N) is 1. The van der Waals surface area contributed by atoms with Crippen molar-refractivity contribution in [3.05, 3.63) is 28.0 Å². The van der Waals surface area contributed by atoms with Gasteiger partial charge in [0.1, 0.15) is 10.3 Å². The summed E-state index contributed by atoms with van der Waals surface area (Å²) >= 11 is 11.3. The van der Waals surface area contributed by atoms with E-state index in [1.54, 1.807) is 6.92 Å². The van der Waals surface area contributed by atoms with E-state index in [0.717, 1.165) is 0 Å². The van der Waals surface area contributed by atoms with Gasteiger partial charge in [-0.25, -0.2) is 4.98 Å². The first-order valence-electron chi connectivity index (χ1n) is 4.28. The summed E-state index contributed by atoms with van der Waals surface area (Å²) in [5.41, 5.74) is 0.237. The third-order valence-corrected chi connectivity index (χ3v) is 2.21. The standard InChI is InChI=1S/C9H10Cl2N2O2/c1-5(4-14)12-9(15)6-2-3-7(10)13-8(6)11/h2-3,5,14H,4H2,1H3,(H,12,15)/t5-/m0/s1. The Morgan fingerprint density at radius 2 is 2.27 bits per heavy atom. The molecule has 0 aliphatic carbocycles. The van der Waals surface area contributed by atoms with Crippen LogP contribution in [0, 0.1) is 0 Å². The zero-order valence-electron chi connectivity index (χ0n) is 8.00. The lowest BCUT2D eigenvalue weighted by Crippen LogP contribution is -2.35. The van der Waals surface area contributed by atoms with Crippen LogP contribution in [-0.4, -0.2) is 28.6 Å². The van der Waals surface area contributed by atoms with Gasteiger partial charge < -0.3 is 10.4 Å². The van der Waals surface area contributed by atoms with Crippen LogP contribution in [0.4, 0.5) is 0 Å². The molecule has 1 heterocycles. The minimum absolute atomic E-state index is 0.0464. The zero-order valence-corrected chi connectivity index (χ0v) is 9.51. The van der Waals surface area contributed by atoms with Crippen molar-refractivity contribution in [3.8, 4) is 0 Å². The van der Waals surface area contributed by atoms with Gasteiger partial charge in [-0.15, -0.1) is 0 Å². The smallest absolute Gasteiger partial charge is 0.254 e. The van der Waals surface area contributed by atoms with E-state index in [1.807, 2.05) is 0 Å². The van der Waals surface area contributed by atoms with Gasteiger partial charge in [-0.05, 0) is 19.1 Å². The first kappa shape index (κ1) is 12.2. The number of carbonyl (C=O) groups is 1. The molecule has 6 heteroatoms. The second-order valence-electron chi connectivity index (χ2n) is 3.03. The number of hydrogen-bond donors (Lipinski definition) is 2. The van der Waals surface area contributed by atoms with E-state index < -0.39 is 0 Å². The van der Waals surface area contributed by atoms with E-state index in [0.29, 0.717) is 0 Å². The number of pyridine rings is 1. The fourth-order valence-corrected chi connectivity index (χ4v) is 1.36. The normalized spacial score (nSPS) is 12.3. The van der Waals surface area contributed by atoms with Crippen LogP contribution in [0.2, 0.25) is 10.3 Å². The number of hydrogen-bond acceptors (Lipinski definition) is 3. The molecule has 4 nitrogen and oxygen atoms in total. The van der Waals surface area contributed by atoms with Gasteiger partial charge in [-0.3, -0.25) is 4.79 Å². The molecule has 0 spiro atoms. The summed E-state index contributed by atoms with van der Waals surface area (Å²) in [6.07, 6.45) is 0. The highest BCUT2D eigenvalue weighted by Crippen LogP contribution is 2.16. The highest BCUT2D eigenvalue weighted by atomic mass is 35.5. The van der Waals surface area contributed by atoms with Gasteiger partial charge in [0, 0.05) is 6.04 Å². The molecule has 0 saturated carbocycles. The quantitative estimate of drug-likeness (QED) is 0.798. The van der Waals surface area contributed by atoms with E-state index in [1.165, 1.54) is 12.1 Å². The van der Waals surface area contributed by atoms with Crippen molar-refractivity contribution < 1.29 is 9.90 Å². The fourth-order valence-electron chi connectivity index (χ4n) is 0.929. The number of carbonyl (C=O) groups excluding carboxylic acids is 1. The number of nitrogens with one attached hydrogen (secondary N) is 1. The van der Waals surface area contributed by atoms with E-state index in [9.17, 15) is 4.79 Å². The summed E-state index contributed by atoms with van der Waals surface area (Å²) in [6, 6.07) is 2.63. The topological polar surface area (TPSA) is 62.2 Å². The minimum atomic E-state index is -0.384. The largest absolute Gasteiger partial charge is 0.394 e. The summed E-state index contributed by atoms with van der Waals surface area (Å²) in [4.78, 5) is 15.3. The van der Waals surface area contributed by atoms with Gasteiger partial charge in [0.2, 0.25) is 0 Å². The van der Waals surface area contributed by atoms with Crippen molar-refractivity contribution >= 4 is 29.1 Å². The summed E-state index contributed by atoms with van der Waals surface area (Å²) < 4.78 is 0. The molecule has 1 amide bonds. The Morgan fingerprint density at radius 3 is 2.80 bits per heavy atom. The molecule has 0 fully saturated rings. The van der Waals surface area contributed by atoms with Crippen LogP contribution in [0.3, 0.4) is 0 Å². The van der Waals surface area contributed by atoms with E-state index in [4.69, 9.17) is 28.3 Å². The molecule has 1 aromatic heterocycles. The number of rotatable bonds is 3. The third kappa shape index (κ3) is 3.34. The van der Waals surface area contributed by atoms with Crippen LogP contribution < -0.4 is 5.32 Å². The van der Waals surface area contributed by atoms with Crippen molar-refractivity contribution in [2.75, 3.05) is 6.61 Å².